The van der Waals surface area contributed by atoms with Gasteiger partial charge in [-0.2, -0.15) is 0 Å². The Kier molecular flexibility index (Phi) is 5.27. The van der Waals surface area contributed by atoms with Crippen molar-refractivity contribution in [3.05, 3.63) is 21.3 Å². The number of aromatic nitrogens is 1. The Morgan fingerprint density at radius 2 is 2.00 bits per heavy atom. The Labute approximate surface area is 138 Å². The monoisotopic (exact) mass is 363 g/mol. The lowest BCUT2D eigenvalue weighted by molar-refractivity contribution is -0.383. The molecule has 4 N–H and O–H groups in total. The molecule has 1 fully saturated rings. The van der Waals surface area contributed by atoms with E-state index in [1.54, 1.807) is 0 Å². The van der Waals surface area contributed by atoms with Crippen molar-refractivity contribution in [2.45, 2.75) is 37.8 Å². The molecule has 2 atom stereocenters. The third-order valence-corrected chi connectivity index (χ3v) is 4.70. The Bertz CT molecular complexity index is 712. The first kappa shape index (κ1) is 17.7. The summed E-state index contributed by atoms with van der Waals surface area (Å²) in [7, 11) is -3.39. The molecule has 1 heterocycles. The molecule has 0 bridgehead atoms. The van der Waals surface area contributed by atoms with Crippen LogP contribution < -0.4 is 15.8 Å². The first-order valence-electron chi connectivity index (χ1n) is 7.01. The number of sulfonamides is 1. The van der Waals surface area contributed by atoms with Crippen molar-refractivity contribution in [2.75, 3.05) is 17.3 Å². The fourth-order valence-electron chi connectivity index (χ4n) is 2.72. The van der Waals surface area contributed by atoms with Crippen LogP contribution in [0.2, 0.25) is 5.02 Å². The minimum Gasteiger partial charge on any atom is -0.378 e. The van der Waals surface area contributed by atoms with Gasteiger partial charge in [-0.05, 0) is 12.8 Å². The maximum Gasteiger partial charge on any atom is 0.335 e. The second kappa shape index (κ2) is 6.85. The third-order valence-electron chi connectivity index (χ3n) is 3.68. The highest BCUT2D eigenvalue weighted by atomic mass is 35.5. The Morgan fingerprint density at radius 1 is 1.39 bits per heavy atom. The summed E-state index contributed by atoms with van der Waals surface area (Å²) in [5, 5.41) is 14.3. The van der Waals surface area contributed by atoms with Gasteiger partial charge in [0, 0.05) is 12.1 Å². The van der Waals surface area contributed by atoms with Crippen LogP contribution in [0.3, 0.4) is 0 Å². The van der Waals surface area contributed by atoms with Gasteiger partial charge < -0.3 is 11.1 Å². The van der Waals surface area contributed by atoms with Gasteiger partial charge in [0.15, 0.2) is 0 Å². The quantitative estimate of drug-likeness (QED) is 0.531. The molecular weight excluding hydrogens is 346 g/mol. The van der Waals surface area contributed by atoms with Crippen molar-refractivity contribution >= 4 is 38.8 Å². The normalized spacial score (nSPS) is 21.8. The lowest BCUT2D eigenvalue weighted by Gasteiger charge is -2.33. The van der Waals surface area contributed by atoms with E-state index in [4.69, 9.17) is 17.3 Å². The van der Waals surface area contributed by atoms with Gasteiger partial charge >= 0.3 is 5.69 Å². The van der Waals surface area contributed by atoms with E-state index in [-0.39, 0.29) is 28.6 Å². The van der Waals surface area contributed by atoms with Crippen molar-refractivity contribution in [2.24, 2.45) is 0 Å². The summed E-state index contributed by atoms with van der Waals surface area (Å²) < 4.78 is 25.5. The molecule has 9 nitrogen and oxygen atoms in total. The zero-order valence-corrected chi connectivity index (χ0v) is 14.0. The van der Waals surface area contributed by atoms with Gasteiger partial charge in [0.1, 0.15) is 5.69 Å². The number of nitro groups is 1. The maximum absolute atomic E-state index is 11.5. The van der Waals surface area contributed by atoms with E-state index >= 15 is 0 Å². The molecule has 0 aromatic carbocycles. The number of halogens is 1. The largest absolute Gasteiger partial charge is 0.378 e. The number of anilines is 2. The first-order chi connectivity index (χ1) is 10.7. The molecule has 0 aliphatic heterocycles. The number of rotatable bonds is 5. The number of nitrogen functional groups attached to an aromatic ring is 1. The molecule has 0 saturated heterocycles. The third kappa shape index (κ3) is 4.43. The second-order valence-electron chi connectivity index (χ2n) is 5.50. The maximum atomic E-state index is 11.5. The fourth-order valence-corrected chi connectivity index (χ4v) is 3.75. The van der Waals surface area contributed by atoms with Crippen molar-refractivity contribution in [3.8, 4) is 0 Å². The molecule has 11 heteroatoms. The molecule has 2 rings (SSSR count). The van der Waals surface area contributed by atoms with Crippen molar-refractivity contribution in [1.29, 1.82) is 0 Å². The Balaban J connectivity index is 2.33. The predicted molar refractivity (Wildman–Crippen MR) is 88.0 cm³/mol. The van der Waals surface area contributed by atoms with E-state index in [1.807, 2.05) is 0 Å². The topological polar surface area (TPSA) is 140 Å². The predicted octanol–water partition coefficient (Wildman–Crippen LogP) is 1.50. The first-order valence-corrected chi connectivity index (χ1v) is 9.28. The van der Waals surface area contributed by atoms with Crippen LogP contribution in [0.25, 0.3) is 0 Å². The van der Waals surface area contributed by atoms with Gasteiger partial charge in [0.25, 0.3) is 0 Å². The molecule has 1 saturated carbocycles. The zero-order chi connectivity index (χ0) is 17.2. The van der Waals surface area contributed by atoms with Crippen LogP contribution in [-0.2, 0) is 10.0 Å². The number of nitrogens with zero attached hydrogens (tertiary/aromatic N) is 2. The molecule has 0 unspecified atom stereocenters. The minimum absolute atomic E-state index is 0.0644. The zero-order valence-electron chi connectivity index (χ0n) is 12.5. The average Bonchev–Trinajstić information content (AvgIpc) is 2.43. The highest BCUT2D eigenvalue weighted by molar-refractivity contribution is 7.88. The van der Waals surface area contributed by atoms with Crippen LogP contribution in [-0.4, -0.2) is 36.7 Å². The van der Waals surface area contributed by atoms with Gasteiger partial charge in [0.05, 0.1) is 22.4 Å². The second-order valence-corrected chi connectivity index (χ2v) is 7.69. The number of nitrogens with two attached hydrogens (primary N) is 1. The van der Waals surface area contributed by atoms with Crippen LogP contribution in [0, 0.1) is 10.1 Å². The summed E-state index contributed by atoms with van der Waals surface area (Å²) in [5.41, 5.74) is 5.23. The summed E-state index contributed by atoms with van der Waals surface area (Å²) in [6.07, 6.45) is 5.36. The number of hydrogen-bond donors (Lipinski definition) is 3. The van der Waals surface area contributed by atoms with Crippen molar-refractivity contribution < 1.29 is 13.3 Å². The van der Waals surface area contributed by atoms with Crippen molar-refractivity contribution in [3.63, 3.8) is 0 Å². The Hall–Kier alpha value is -1.65. The molecule has 23 heavy (non-hydrogen) atoms. The minimum atomic E-state index is -3.39. The lowest BCUT2D eigenvalue weighted by atomic mass is 9.91. The summed E-state index contributed by atoms with van der Waals surface area (Å²) >= 11 is 6.02. The van der Waals surface area contributed by atoms with E-state index in [0.717, 1.165) is 19.1 Å². The van der Waals surface area contributed by atoms with Crippen molar-refractivity contribution in [1.82, 2.24) is 9.71 Å². The summed E-state index contributed by atoms with van der Waals surface area (Å²) in [6.45, 7) is 0. The van der Waals surface area contributed by atoms with Crippen LogP contribution in [0.4, 0.5) is 17.2 Å². The fraction of sp³-hybridized carbons (Fsp3) is 0.583. The van der Waals surface area contributed by atoms with Gasteiger partial charge in [-0.1, -0.05) is 24.4 Å². The summed E-state index contributed by atoms with van der Waals surface area (Å²) in [5.74, 6) is -0.245. The standard InChI is InChI=1S/C12H18ClN5O4S/c1-23(21,22)17-9-5-3-2-4-8(9)16-10-7(13)6-15-12(14)11(10)18(19)20/h6,8-9,17H,2-5H2,1H3,(H3,14,15,16)/t8-,9-/m1/s1. The van der Waals surface area contributed by atoms with E-state index in [0.29, 0.717) is 12.8 Å². The molecular formula is C12H18ClN5O4S. The molecule has 128 valence electrons. The highest BCUT2D eigenvalue weighted by Crippen LogP contribution is 2.37. The van der Waals surface area contributed by atoms with Gasteiger partial charge in [-0.3, -0.25) is 10.1 Å². The molecule has 1 aromatic rings. The summed E-state index contributed by atoms with van der Waals surface area (Å²) in [6, 6.07) is -0.694. The molecule has 1 aromatic heterocycles. The van der Waals surface area contributed by atoms with Gasteiger partial charge in [-0.15, -0.1) is 0 Å². The molecule has 0 amide bonds. The summed E-state index contributed by atoms with van der Waals surface area (Å²) in [4.78, 5) is 14.3. The number of nitrogens with one attached hydrogen (secondary N) is 2. The van der Waals surface area contributed by atoms with E-state index in [2.05, 4.69) is 15.0 Å². The molecule has 1 aliphatic carbocycles. The molecule has 1 aliphatic rings. The number of pyridine rings is 1. The van der Waals surface area contributed by atoms with E-state index in [9.17, 15) is 18.5 Å². The molecule has 0 radical (unpaired) electrons. The van der Waals surface area contributed by atoms with Gasteiger partial charge in [-0.25, -0.2) is 18.1 Å². The highest BCUT2D eigenvalue weighted by Gasteiger charge is 2.31. The van der Waals surface area contributed by atoms with Crippen LogP contribution >= 0.6 is 11.6 Å². The van der Waals surface area contributed by atoms with E-state index < -0.39 is 20.6 Å². The van der Waals surface area contributed by atoms with Crippen LogP contribution in [0.15, 0.2) is 6.20 Å². The van der Waals surface area contributed by atoms with Crippen LogP contribution in [0.1, 0.15) is 25.7 Å². The van der Waals surface area contributed by atoms with Gasteiger partial charge in [0.2, 0.25) is 15.8 Å². The Morgan fingerprint density at radius 3 is 2.57 bits per heavy atom. The van der Waals surface area contributed by atoms with E-state index in [1.165, 1.54) is 6.20 Å². The lowest BCUT2D eigenvalue weighted by Crippen LogP contribution is -2.48. The average molecular weight is 364 g/mol. The SMILES string of the molecule is CS(=O)(=O)N[C@@H]1CCCC[C@H]1Nc1c(Cl)cnc(N)c1[N+](=O)[O-]. The molecule has 0 spiro atoms. The van der Waals surface area contributed by atoms with Crippen LogP contribution in [0.5, 0.6) is 0 Å². The smallest absolute Gasteiger partial charge is 0.335 e. The number of hydrogen-bond acceptors (Lipinski definition) is 7.